The summed E-state index contributed by atoms with van der Waals surface area (Å²) in [7, 11) is 0. The van der Waals surface area contributed by atoms with E-state index in [0.717, 1.165) is 11.1 Å². The molecule has 0 fully saturated rings. The van der Waals surface area contributed by atoms with Crippen molar-refractivity contribution in [3.05, 3.63) is 120 Å². The summed E-state index contributed by atoms with van der Waals surface area (Å²) in [5.74, 6) is 0.165. The van der Waals surface area contributed by atoms with Gasteiger partial charge in [0.2, 0.25) is 0 Å². The normalized spacial score (nSPS) is 20.5. The van der Waals surface area contributed by atoms with Gasteiger partial charge in [-0.2, -0.15) is 0 Å². The van der Waals surface area contributed by atoms with Gasteiger partial charge in [0.15, 0.2) is 0 Å². The number of benzene rings is 3. The van der Waals surface area contributed by atoms with Crippen LogP contribution < -0.4 is 0 Å². The maximum absolute atomic E-state index is 6.34. The van der Waals surface area contributed by atoms with Gasteiger partial charge in [-0.25, -0.2) is 0 Å². The minimum Gasteiger partial charge on any atom is -0.376 e. The molecule has 0 radical (unpaired) electrons. The van der Waals surface area contributed by atoms with Crippen LogP contribution in [0.3, 0.4) is 0 Å². The van der Waals surface area contributed by atoms with E-state index < -0.39 is 0 Å². The number of hydrogen-bond donors (Lipinski definition) is 0. The fraction of sp³-hybridized carbons (Fsp3) is 0.259. The quantitative estimate of drug-likeness (QED) is 0.417. The highest BCUT2D eigenvalue weighted by Crippen LogP contribution is 2.27. The summed E-state index contributed by atoms with van der Waals surface area (Å²) in [4.78, 5) is 0. The molecule has 0 spiro atoms. The predicted molar refractivity (Wildman–Crippen MR) is 119 cm³/mol. The van der Waals surface area contributed by atoms with E-state index in [1.165, 1.54) is 5.56 Å². The Morgan fingerprint density at radius 2 is 1.03 bits per heavy atom. The first-order valence-corrected chi connectivity index (χ1v) is 10.5. The highest BCUT2D eigenvalue weighted by molar-refractivity contribution is 5.17. The van der Waals surface area contributed by atoms with Crippen molar-refractivity contribution in [2.24, 2.45) is 5.92 Å². The summed E-state index contributed by atoms with van der Waals surface area (Å²) in [5.41, 5.74) is 3.50. The molecule has 4 rings (SSSR count). The predicted octanol–water partition coefficient (Wildman–Crippen LogP) is 5.56. The molecule has 1 aliphatic carbocycles. The molecule has 3 heteroatoms. The summed E-state index contributed by atoms with van der Waals surface area (Å²) >= 11 is 0. The fourth-order valence-electron chi connectivity index (χ4n) is 3.65. The molecule has 0 heterocycles. The van der Waals surface area contributed by atoms with Gasteiger partial charge in [-0.3, -0.25) is 0 Å². The van der Waals surface area contributed by atoms with Crippen LogP contribution in [0.4, 0.5) is 0 Å². The molecule has 1 aliphatic rings. The highest BCUT2D eigenvalue weighted by Gasteiger charge is 2.33. The molecule has 0 N–H and O–H groups in total. The fourth-order valence-corrected chi connectivity index (χ4v) is 3.65. The average molecular weight is 401 g/mol. The topological polar surface area (TPSA) is 27.7 Å². The van der Waals surface area contributed by atoms with Crippen molar-refractivity contribution in [3.63, 3.8) is 0 Å². The molecule has 30 heavy (non-hydrogen) atoms. The molecule has 0 bridgehead atoms. The molecule has 0 unspecified atom stereocenters. The lowest BCUT2D eigenvalue weighted by Crippen LogP contribution is -2.34. The van der Waals surface area contributed by atoms with Crippen molar-refractivity contribution in [1.29, 1.82) is 0 Å². The van der Waals surface area contributed by atoms with E-state index >= 15 is 0 Å². The average Bonchev–Trinajstić information content (AvgIpc) is 3.20. The first-order valence-electron chi connectivity index (χ1n) is 10.5. The molecule has 3 atom stereocenters. The van der Waals surface area contributed by atoms with E-state index in [-0.39, 0.29) is 18.1 Å². The van der Waals surface area contributed by atoms with Crippen molar-refractivity contribution >= 4 is 0 Å². The van der Waals surface area contributed by atoms with Gasteiger partial charge in [0.1, 0.15) is 6.10 Å². The van der Waals surface area contributed by atoms with Gasteiger partial charge < -0.3 is 14.2 Å². The SMILES string of the molecule is C1=C[C@@H](OCc2ccccc2)[C@H](OCc2ccccc2)[C@H]1COCc1ccccc1. The number of rotatable bonds is 10. The van der Waals surface area contributed by atoms with Crippen LogP contribution in [0.2, 0.25) is 0 Å². The largest absolute Gasteiger partial charge is 0.376 e. The Bertz CT molecular complexity index is 893. The lowest BCUT2D eigenvalue weighted by molar-refractivity contribution is -0.0861. The van der Waals surface area contributed by atoms with E-state index in [2.05, 4.69) is 48.6 Å². The third-order valence-corrected chi connectivity index (χ3v) is 5.29. The lowest BCUT2D eigenvalue weighted by atomic mass is 10.1. The Kier molecular flexibility index (Phi) is 7.46. The smallest absolute Gasteiger partial charge is 0.103 e. The zero-order valence-electron chi connectivity index (χ0n) is 17.1. The van der Waals surface area contributed by atoms with Crippen molar-refractivity contribution in [1.82, 2.24) is 0 Å². The lowest BCUT2D eigenvalue weighted by Gasteiger charge is -2.26. The Labute approximate surface area is 178 Å². The third-order valence-electron chi connectivity index (χ3n) is 5.29. The molecular formula is C27H28O3. The summed E-state index contributed by atoms with van der Waals surface area (Å²) in [6.45, 7) is 2.34. The molecule has 0 saturated heterocycles. The molecule has 3 nitrogen and oxygen atoms in total. The summed E-state index contributed by atoms with van der Waals surface area (Å²) in [6.07, 6.45) is 4.15. The standard InChI is InChI=1S/C27H28O3/c1-4-10-22(11-5-1)18-28-21-25-16-17-26(29-19-23-12-6-2-7-13-23)27(25)30-20-24-14-8-3-9-15-24/h1-17,25-27H,18-21H2/t25-,26-,27-/m1/s1. The Morgan fingerprint density at radius 1 is 0.533 bits per heavy atom. The summed E-state index contributed by atoms with van der Waals surface area (Å²) in [6, 6.07) is 30.8. The Balaban J connectivity index is 1.35. The second-order valence-corrected chi connectivity index (χ2v) is 7.57. The zero-order valence-corrected chi connectivity index (χ0v) is 17.1. The second kappa shape index (κ2) is 10.9. The Hall–Kier alpha value is -2.72. The first kappa shape index (κ1) is 20.5. The van der Waals surface area contributed by atoms with Gasteiger partial charge in [-0.05, 0) is 16.7 Å². The van der Waals surface area contributed by atoms with E-state index in [1.807, 2.05) is 54.6 Å². The van der Waals surface area contributed by atoms with Crippen LogP contribution in [-0.2, 0) is 34.0 Å². The zero-order chi connectivity index (χ0) is 20.4. The highest BCUT2D eigenvalue weighted by atomic mass is 16.5. The van der Waals surface area contributed by atoms with Crippen LogP contribution in [0, 0.1) is 5.92 Å². The number of hydrogen-bond acceptors (Lipinski definition) is 3. The molecule has 0 aliphatic heterocycles. The van der Waals surface area contributed by atoms with Crippen LogP contribution in [0.5, 0.6) is 0 Å². The Morgan fingerprint density at radius 3 is 1.60 bits per heavy atom. The molecule has 0 aromatic heterocycles. The summed E-state index contributed by atoms with van der Waals surface area (Å²) in [5, 5.41) is 0. The van der Waals surface area contributed by atoms with Crippen LogP contribution in [0.25, 0.3) is 0 Å². The van der Waals surface area contributed by atoms with Gasteiger partial charge in [-0.1, -0.05) is 103 Å². The minimum atomic E-state index is -0.0840. The van der Waals surface area contributed by atoms with E-state index in [1.54, 1.807) is 0 Å². The van der Waals surface area contributed by atoms with E-state index in [0.29, 0.717) is 26.4 Å². The molecule has 0 saturated carbocycles. The monoisotopic (exact) mass is 400 g/mol. The van der Waals surface area contributed by atoms with Gasteiger partial charge in [0.25, 0.3) is 0 Å². The van der Waals surface area contributed by atoms with Crippen molar-refractivity contribution in [2.75, 3.05) is 6.61 Å². The number of ether oxygens (including phenoxy) is 3. The summed E-state index contributed by atoms with van der Waals surface area (Å²) < 4.78 is 18.6. The van der Waals surface area contributed by atoms with Crippen LogP contribution >= 0.6 is 0 Å². The molecular weight excluding hydrogens is 372 g/mol. The first-order chi connectivity index (χ1) is 14.9. The maximum atomic E-state index is 6.34. The van der Waals surface area contributed by atoms with Crippen LogP contribution in [0.1, 0.15) is 16.7 Å². The van der Waals surface area contributed by atoms with Crippen molar-refractivity contribution < 1.29 is 14.2 Å². The molecule has 0 amide bonds. The van der Waals surface area contributed by atoms with Gasteiger partial charge in [0.05, 0.1) is 32.5 Å². The maximum Gasteiger partial charge on any atom is 0.103 e. The van der Waals surface area contributed by atoms with Gasteiger partial charge in [-0.15, -0.1) is 0 Å². The van der Waals surface area contributed by atoms with E-state index in [4.69, 9.17) is 14.2 Å². The molecule has 3 aromatic carbocycles. The van der Waals surface area contributed by atoms with Gasteiger partial charge >= 0.3 is 0 Å². The van der Waals surface area contributed by atoms with Crippen molar-refractivity contribution in [3.8, 4) is 0 Å². The minimum absolute atomic E-state index is 0.0651. The molecule has 154 valence electrons. The van der Waals surface area contributed by atoms with Crippen LogP contribution in [-0.4, -0.2) is 18.8 Å². The van der Waals surface area contributed by atoms with E-state index in [9.17, 15) is 0 Å². The van der Waals surface area contributed by atoms with Gasteiger partial charge in [0, 0.05) is 5.92 Å². The third kappa shape index (κ3) is 5.90. The van der Waals surface area contributed by atoms with Crippen LogP contribution in [0.15, 0.2) is 103 Å². The van der Waals surface area contributed by atoms with Crippen molar-refractivity contribution in [2.45, 2.75) is 32.0 Å². The second-order valence-electron chi connectivity index (χ2n) is 7.57. The molecule has 3 aromatic rings.